The fourth-order valence-corrected chi connectivity index (χ4v) is 2.29. The third kappa shape index (κ3) is 1.97. The largest absolute Gasteiger partial charge is 0.342 e. The maximum Gasteiger partial charge on any atom is 0.219 e. The molecule has 76 valence electrons. The van der Waals surface area contributed by atoms with Gasteiger partial charge in [0.05, 0.1) is 0 Å². The Hall–Kier alpha value is -0.280. The van der Waals surface area contributed by atoms with Gasteiger partial charge in [-0.15, -0.1) is 12.4 Å². The number of likely N-dealkylation sites (tertiary alicyclic amines) is 1. The van der Waals surface area contributed by atoms with Gasteiger partial charge in [0.2, 0.25) is 5.91 Å². The van der Waals surface area contributed by atoms with Crippen LogP contribution >= 0.6 is 12.4 Å². The molecule has 2 aliphatic rings. The van der Waals surface area contributed by atoms with Gasteiger partial charge in [-0.05, 0) is 19.4 Å². The Labute approximate surface area is 85.3 Å². The molecule has 0 aromatic heterocycles. The molecule has 0 radical (unpaired) electrons. The predicted molar refractivity (Wildman–Crippen MR) is 54.0 cm³/mol. The standard InChI is InChI=1S/C9H16N2O.ClH/c1-8(12)11-6-9(7-11)3-2-4-10-5-9;/h10H,2-7H2,1H3;1H. The second-order valence-corrected chi connectivity index (χ2v) is 4.16. The van der Waals surface area contributed by atoms with Crippen LogP contribution in [0.3, 0.4) is 0 Å². The molecule has 2 saturated heterocycles. The van der Waals surface area contributed by atoms with Gasteiger partial charge in [-0.25, -0.2) is 0 Å². The number of carbonyl (C=O) groups excluding carboxylic acids is 1. The minimum Gasteiger partial charge on any atom is -0.342 e. The van der Waals surface area contributed by atoms with Crippen LogP contribution in [-0.2, 0) is 4.79 Å². The van der Waals surface area contributed by atoms with Gasteiger partial charge in [-0.1, -0.05) is 0 Å². The lowest BCUT2D eigenvalue weighted by molar-refractivity contribution is -0.142. The zero-order chi connectivity index (χ0) is 8.60. The van der Waals surface area contributed by atoms with E-state index in [2.05, 4.69) is 5.32 Å². The van der Waals surface area contributed by atoms with E-state index in [0.717, 1.165) is 26.2 Å². The maximum absolute atomic E-state index is 11.0. The normalized spacial score (nSPS) is 24.8. The number of halogens is 1. The number of nitrogens with one attached hydrogen (secondary N) is 1. The molecule has 1 spiro atoms. The maximum atomic E-state index is 11.0. The topological polar surface area (TPSA) is 32.3 Å². The first kappa shape index (κ1) is 10.8. The number of carbonyl (C=O) groups is 1. The number of hydrogen-bond donors (Lipinski definition) is 1. The van der Waals surface area contributed by atoms with Gasteiger partial charge in [0.25, 0.3) is 0 Å². The zero-order valence-corrected chi connectivity index (χ0v) is 8.82. The molecular formula is C9H17ClN2O. The molecule has 1 N–H and O–H groups in total. The number of rotatable bonds is 0. The van der Waals surface area contributed by atoms with Gasteiger partial charge >= 0.3 is 0 Å². The van der Waals surface area contributed by atoms with E-state index in [-0.39, 0.29) is 18.3 Å². The van der Waals surface area contributed by atoms with Crippen LogP contribution in [0, 0.1) is 5.41 Å². The van der Waals surface area contributed by atoms with Crippen molar-refractivity contribution in [3.63, 3.8) is 0 Å². The van der Waals surface area contributed by atoms with Crippen LogP contribution in [0.4, 0.5) is 0 Å². The zero-order valence-electron chi connectivity index (χ0n) is 8.01. The molecule has 4 heteroatoms. The number of amides is 1. The van der Waals surface area contributed by atoms with Crippen molar-refractivity contribution >= 4 is 18.3 Å². The molecule has 0 atom stereocenters. The average Bonchev–Trinajstić information content (AvgIpc) is 2.01. The highest BCUT2D eigenvalue weighted by Crippen LogP contribution is 2.36. The summed E-state index contributed by atoms with van der Waals surface area (Å²) in [5, 5.41) is 3.40. The number of piperidine rings is 1. The van der Waals surface area contributed by atoms with Gasteiger partial charge in [-0.2, -0.15) is 0 Å². The van der Waals surface area contributed by atoms with Gasteiger partial charge in [0.1, 0.15) is 0 Å². The molecule has 13 heavy (non-hydrogen) atoms. The van der Waals surface area contributed by atoms with E-state index in [1.165, 1.54) is 12.8 Å². The van der Waals surface area contributed by atoms with Crippen molar-refractivity contribution in [3.05, 3.63) is 0 Å². The lowest BCUT2D eigenvalue weighted by atomic mass is 9.74. The van der Waals surface area contributed by atoms with E-state index in [1.807, 2.05) is 4.90 Å². The second-order valence-electron chi connectivity index (χ2n) is 4.16. The number of hydrogen-bond acceptors (Lipinski definition) is 2. The Balaban J connectivity index is 0.000000845. The van der Waals surface area contributed by atoms with E-state index >= 15 is 0 Å². The third-order valence-electron chi connectivity index (χ3n) is 3.06. The summed E-state index contributed by atoms with van der Waals surface area (Å²) in [6.07, 6.45) is 2.57. The van der Waals surface area contributed by atoms with Crippen molar-refractivity contribution in [2.75, 3.05) is 26.2 Å². The highest BCUT2D eigenvalue weighted by Gasteiger charge is 2.44. The van der Waals surface area contributed by atoms with Gasteiger partial charge in [0, 0.05) is 32.0 Å². The molecule has 0 aromatic rings. The average molecular weight is 205 g/mol. The molecule has 2 rings (SSSR count). The van der Waals surface area contributed by atoms with E-state index in [9.17, 15) is 4.79 Å². The van der Waals surface area contributed by atoms with Gasteiger partial charge < -0.3 is 10.2 Å². The smallest absolute Gasteiger partial charge is 0.219 e. The Bertz CT molecular complexity index is 194. The fourth-order valence-electron chi connectivity index (χ4n) is 2.29. The van der Waals surface area contributed by atoms with Crippen LogP contribution in [-0.4, -0.2) is 37.0 Å². The summed E-state index contributed by atoms with van der Waals surface area (Å²) in [7, 11) is 0. The Morgan fingerprint density at radius 1 is 1.46 bits per heavy atom. The van der Waals surface area contributed by atoms with E-state index in [0.29, 0.717) is 5.41 Å². The summed E-state index contributed by atoms with van der Waals surface area (Å²) >= 11 is 0. The van der Waals surface area contributed by atoms with Crippen molar-refractivity contribution in [1.29, 1.82) is 0 Å². The Morgan fingerprint density at radius 3 is 2.62 bits per heavy atom. The molecule has 0 unspecified atom stereocenters. The summed E-state index contributed by atoms with van der Waals surface area (Å²) in [6.45, 7) is 5.88. The van der Waals surface area contributed by atoms with Crippen molar-refractivity contribution in [2.45, 2.75) is 19.8 Å². The predicted octanol–water partition coefficient (Wildman–Crippen LogP) is 0.640. The van der Waals surface area contributed by atoms with Crippen LogP contribution in [0.5, 0.6) is 0 Å². The lowest BCUT2D eigenvalue weighted by Crippen LogP contribution is -2.63. The quantitative estimate of drug-likeness (QED) is 0.628. The molecule has 1 amide bonds. The monoisotopic (exact) mass is 204 g/mol. The summed E-state index contributed by atoms with van der Waals surface area (Å²) in [5.74, 6) is 0.228. The van der Waals surface area contributed by atoms with Crippen molar-refractivity contribution in [2.24, 2.45) is 5.41 Å². The highest BCUT2D eigenvalue weighted by molar-refractivity contribution is 5.85. The molecule has 0 aliphatic carbocycles. The molecule has 0 saturated carbocycles. The first-order valence-electron chi connectivity index (χ1n) is 4.68. The van der Waals surface area contributed by atoms with Gasteiger partial charge in [0.15, 0.2) is 0 Å². The van der Waals surface area contributed by atoms with E-state index in [4.69, 9.17) is 0 Å². The van der Waals surface area contributed by atoms with Crippen LogP contribution in [0.1, 0.15) is 19.8 Å². The molecule has 2 heterocycles. The molecule has 3 nitrogen and oxygen atoms in total. The van der Waals surface area contributed by atoms with Crippen molar-refractivity contribution in [1.82, 2.24) is 10.2 Å². The molecular weight excluding hydrogens is 188 g/mol. The van der Waals surface area contributed by atoms with Crippen LogP contribution in [0.25, 0.3) is 0 Å². The fraction of sp³-hybridized carbons (Fsp3) is 0.889. The molecule has 0 aromatic carbocycles. The Kier molecular flexibility index (Phi) is 3.19. The van der Waals surface area contributed by atoms with Crippen molar-refractivity contribution in [3.8, 4) is 0 Å². The minimum atomic E-state index is 0. The summed E-state index contributed by atoms with van der Waals surface area (Å²) < 4.78 is 0. The lowest BCUT2D eigenvalue weighted by Gasteiger charge is -2.52. The third-order valence-corrected chi connectivity index (χ3v) is 3.06. The summed E-state index contributed by atoms with van der Waals surface area (Å²) in [4.78, 5) is 12.9. The minimum absolute atomic E-state index is 0. The SMILES string of the molecule is CC(=O)N1CC2(CCCNC2)C1.Cl. The van der Waals surface area contributed by atoms with Crippen LogP contribution in [0.15, 0.2) is 0 Å². The summed E-state index contributed by atoms with van der Waals surface area (Å²) in [5.41, 5.74) is 0.448. The second kappa shape index (κ2) is 3.84. The number of nitrogens with zero attached hydrogens (tertiary/aromatic N) is 1. The van der Waals surface area contributed by atoms with Crippen LogP contribution < -0.4 is 5.32 Å². The molecule has 0 bridgehead atoms. The van der Waals surface area contributed by atoms with Crippen molar-refractivity contribution < 1.29 is 4.79 Å². The molecule has 2 aliphatic heterocycles. The first-order chi connectivity index (χ1) is 5.72. The summed E-state index contributed by atoms with van der Waals surface area (Å²) in [6, 6.07) is 0. The Morgan fingerprint density at radius 2 is 2.15 bits per heavy atom. The highest BCUT2D eigenvalue weighted by atomic mass is 35.5. The first-order valence-corrected chi connectivity index (χ1v) is 4.68. The molecule has 2 fully saturated rings. The van der Waals surface area contributed by atoms with Gasteiger partial charge in [-0.3, -0.25) is 4.79 Å². The van der Waals surface area contributed by atoms with E-state index in [1.54, 1.807) is 6.92 Å². The van der Waals surface area contributed by atoms with Crippen LogP contribution in [0.2, 0.25) is 0 Å². The van der Waals surface area contributed by atoms with E-state index < -0.39 is 0 Å².